The second-order valence-corrected chi connectivity index (χ2v) is 10.0. The van der Waals surface area contributed by atoms with Crippen LogP contribution < -0.4 is 5.32 Å². The molecule has 0 radical (unpaired) electrons. The number of aromatic hydroxyl groups is 1. The maximum Gasteiger partial charge on any atom is 0.322 e. The maximum absolute atomic E-state index is 13.1. The summed E-state index contributed by atoms with van der Waals surface area (Å²) < 4.78 is 27.7. The second-order valence-electron chi connectivity index (χ2n) is 8.13. The first-order valence-electron chi connectivity index (χ1n) is 10.7. The third-order valence-corrected chi connectivity index (χ3v) is 7.72. The number of sulfonamides is 1. The van der Waals surface area contributed by atoms with Gasteiger partial charge in [-0.05, 0) is 55.5 Å². The molecule has 0 saturated carbocycles. The summed E-state index contributed by atoms with van der Waals surface area (Å²) in [5, 5.41) is 22.1. The van der Waals surface area contributed by atoms with Crippen molar-refractivity contribution in [1.29, 1.82) is 0 Å². The fourth-order valence-corrected chi connectivity index (χ4v) is 5.57. The first-order valence-corrected chi connectivity index (χ1v) is 12.2. The fraction of sp³-hybridized carbons (Fsp3) is 0.304. The predicted octanol–water partition coefficient (Wildman–Crippen LogP) is 2.03. The van der Waals surface area contributed by atoms with Crippen LogP contribution in [-0.4, -0.2) is 64.4 Å². The Morgan fingerprint density at radius 2 is 1.82 bits per heavy atom. The fourth-order valence-electron chi connectivity index (χ4n) is 4.16. The molecule has 10 nitrogen and oxygen atoms in total. The number of aliphatic carboxylic acids is 1. The third-order valence-electron chi connectivity index (χ3n) is 5.92. The molecule has 0 atom stereocenters. The molecule has 0 aliphatic carbocycles. The quantitative estimate of drug-likeness (QED) is 0.481. The van der Waals surface area contributed by atoms with E-state index in [4.69, 9.17) is 5.11 Å². The van der Waals surface area contributed by atoms with Gasteiger partial charge in [-0.15, -0.1) is 0 Å². The smallest absolute Gasteiger partial charge is 0.322 e. The van der Waals surface area contributed by atoms with E-state index in [-0.39, 0.29) is 35.5 Å². The number of amides is 1. The van der Waals surface area contributed by atoms with Crippen LogP contribution in [0.5, 0.6) is 5.75 Å². The molecule has 3 N–H and O–H groups in total. The molecular weight excluding hydrogens is 460 g/mol. The molecule has 178 valence electrons. The summed E-state index contributed by atoms with van der Waals surface area (Å²) in [4.78, 5) is 31.3. The molecular formula is C23H24N4O6S. The van der Waals surface area contributed by atoms with Gasteiger partial charge in [-0.25, -0.2) is 18.4 Å². The number of hydrogen-bond donors (Lipinski definition) is 3. The standard InChI is InChI=1S/C23H24N4O6S/c1-14-17(12-19(28)22(25-14)23(31)24-13-21(29)30)15-8-10-27(11-9-15)34(32,33)20-7-6-16-4-2-3-5-18(16)26-20/h2-7,12,15,28H,8-11,13H2,1H3,(H,24,31)(H,29,30). The Morgan fingerprint density at radius 3 is 2.53 bits per heavy atom. The summed E-state index contributed by atoms with van der Waals surface area (Å²) in [5.41, 5.74) is 1.62. The summed E-state index contributed by atoms with van der Waals surface area (Å²) in [6, 6.07) is 12.0. The number of rotatable bonds is 6. The summed E-state index contributed by atoms with van der Waals surface area (Å²) in [7, 11) is -3.75. The van der Waals surface area contributed by atoms with Crippen molar-refractivity contribution in [2.75, 3.05) is 19.6 Å². The zero-order chi connectivity index (χ0) is 24.5. The van der Waals surface area contributed by atoms with Crippen LogP contribution in [0.4, 0.5) is 0 Å². The second kappa shape index (κ2) is 9.35. The van der Waals surface area contributed by atoms with Crippen molar-refractivity contribution in [2.45, 2.75) is 30.7 Å². The number of nitrogens with one attached hydrogen (secondary N) is 1. The van der Waals surface area contributed by atoms with Crippen LogP contribution in [0.15, 0.2) is 47.5 Å². The van der Waals surface area contributed by atoms with Crippen LogP contribution in [-0.2, 0) is 14.8 Å². The van der Waals surface area contributed by atoms with E-state index in [1.54, 1.807) is 19.1 Å². The molecule has 0 spiro atoms. The molecule has 1 aromatic carbocycles. The zero-order valence-electron chi connectivity index (χ0n) is 18.4. The maximum atomic E-state index is 13.1. The molecule has 1 fully saturated rings. The molecule has 0 unspecified atom stereocenters. The molecule has 3 heterocycles. The number of carboxylic acid groups (broad SMARTS) is 1. The number of hydrogen-bond acceptors (Lipinski definition) is 7. The largest absolute Gasteiger partial charge is 0.505 e. The van der Waals surface area contributed by atoms with E-state index in [9.17, 15) is 23.1 Å². The number of piperidine rings is 1. The van der Waals surface area contributed by atoms with Crippen LogP contribution in [0.25, 0.3) is 10.9 Å². The summed E-state index contributed by atoms with van der Waals surface area (Å²) in [5.74, 6) is -2.38. The lowest BCUT2D eigenvalue weighted by molar-refractivity contribution is -0.135. The number of nitrogens with zero attached hydrogens (tertiary/aromatic N) is 3. The lowest BCUT2D eigenvalue weighted by atomic mass is 9.89. The van der Waals surface area contributed by atoms with Gasteiger partial charge in [-0.1, -0.05) is 18.2 Å². The molecule has 11 heteroatoms. The molecule has 1 amide bonds. The summed E-state index contributed by atoms with van der Waals surface area (Å²) >= 11 is 0. The van der Waals surface area contributed by atoms with E-state index in [1.165, 1.54) is 16.4 Å². The zero-order valence-corrected chi connectivity index (χ0v) is 19.2. The number of aromatic nitrogens is 2. The predicted molar refractivity (Wildman–Crippen MR) is 123 cm³/mol. The Kier molecular flexibility index (Phi) is 6.49. The number of carbonyl (C=O) groups is 2. The van der Waals surface area contributed by atoms with E-state index in [2.05, 4.69) is 15.3 Å². The molecule has 2 aromatic heterocycles. The number of para-hydroxylation sites is 1. The van der Waals surface area contributed by atoms with Crippen molar-refractivity contribution in [3.05, 3.63) is 59.4 Å². The molecule has 1 saturated heterocycles. The van der Waals surface area contributed by atoms with E-state index >= 15 is 0 Å². The highest BCUT2D eigenvalue weighted by Crippen LogP contribution is 2.34. The number of aryl methyl sites for hydroxylation is 1. The first kappa shape index (κ1) is 23.6. The average Bonchev–Trinajstić information content (AvgIpc) is 2.83. The first-order chi connectivity index (χ1) is 16.2. The van der Waals surface area contributed by atoms with Crippen LogP contribution >= 0.6 is 0 Å². The highest BCUT2D eigenvalue weighted by Gasteiger charge is 2.32. The molecule has 4 rings (SSSR count). The SMILES string of the molecule is Cc1nc(C(=O)NCC(=O)O)c(O)cc1C1CCN(S(=O)(=O)c2ccc3ccccc3n2)CC1. The minimum atomic E-state index is -3.75. The number of fused-ring (bicyclic) bond motifs is 1. The number of carbonyl (C=O) groups excluding carboxylic acids is 1. The van der Waals surface area contributed by atoms with Crippen molar-refractivity contribution in [2.24, 2.45) is 0 Å². The van der Waals surface area contributed by atoms with Gasteiger partial charge >= 0.3 is 5.97 Å². The number of pyridine rings is 2. The minimum absolute atomic E-state index is 0.0110. The van der Waals surface area contributed by atoms with Crippen molar-refractivity contribution in [3.8, 4) is 5.75 Å². The third kappa shape index (κ3) is 4.70. The van der Waals surface area contributed by atoms with Crippen molar-refractivity contribution in [3.63, 3.8) is 0 Å². The van der Waals surface area contributed by atoms with Gasteiger partial charge in [0.15, 0.2) is 10.7 Å². The molecule has 34 heavy (non-hydrogen) atoms. The summed E-state index contributed by atoms with van der Waals surface area (Å²) in [6.45, 7) is 1.68. The highest BCUT2D eigenvalue weighted by molar-refractivity contribution is 7.89. The Morgan fingerprint density at radius 1 is 1.12 bits per heavy atom. The van der Waals surface area contributed by atoms with Crippen LogP contribution in [0.3, 0.4) is 0 Å². The molecule has 3 aromatic rings. The Labute approximate surface area is 196 Å². The summed E-state index contributed by atoms with van der Waals surface area (Å²) in [6.07, 6.45) is 1.03. The Hall–Kier alpha value is -3.57. The Bertz CT molecular complexity index is 1370. The number of carboxylic acids is 1. The topological polar surface area (TPSA) is 150 Å². The molecule has 1 aliphatic rings. The van der Waals surface area contributed by atoms with Crippen molar-refractivity contribution < 1.29 is 28.2 Å². The van der Waals surface area contributed by atoms with Gasteiger partial charge in [-0.2, -0.15) is 4.31 Å². The highest BCUT2D eigenvalue weighted by atomic mass is 32.2. The van der Waals surface area contributed by atoms with Crippen molar-refractivity contribution >= 4 is 32.8 Å². The van der Waals surface area contributed by atoms with Gasteiger partial charge in [0.05, 0.1) is 5.52 Å². The average molecular weight is 485 g/mol. The van der Waals surface area contributed by atoms with E-state index < -0.39 is 28.4 Å². The van der Waals surface area contributed by atoms with Crippen LogP contribution in [0, 0.1) is 6.92 Å². The lowest BCUT2D eigenvalue weighted by Crippen LogP contribution is -2.38. The Balaban J connectivity index is 1.48. The van der Waals surface area contributed by atoms with E-state index in [0.717, 1.165) is 10.9 Å². The van der Waals surface area contributed by atoms with Gasteiger partial charge in [0.25, 0.3) is 15.9 Å². The molecule has 0 bridgehead atoms. The van der Waals surface area contributed by atoms with E-state index in [0.29, 0.717) is 24.1 Å². The van der Waals surface area contributed by atoms with E-state index in [1.807, 2.05) is 18.2 Å². The van der Waals surface area contributed by atoms with Gasteiger partial charge in [0.2, 0.25) is 0 Å². The monoisotopic (exact) mass is 484 g/mol. The van der Waals surface area contributed by atoms with Gasteiger partial charge < -0.3 is 15.5 Å². The molecule has 1 aliphatic heterocycles. The van der Waals surface area contributed by atoms with Gasteiger partial charge in [0.1, 0.15) is 12.3 Å². The van der Waals surface area contributed by atoms with Crippen LogP contribution in [0.2, 0.25) is 0 Å². The van der Waals surface area contributed by atoms with Crippen molar-refractivity contribution in [1.82, 2.24) is 19.6 Å². The van der Waals surface area contributed by atoms with Gasteiger partial charge in [0, 0.05) is 24.2 Å². The number of benzene rings is 1. The minimum Gasteiger partial charge on any atom is -0.505 e. The lowest BCUT2D eigenvalue weighted by Gasteiger charge is -2.31. The van der Waals surface area contributed by atoms with Gasteiger partial charge in [-0.3, -0.25) is 9.59 Å². The van der Waals surface area contributed by atoms with Crippen LogP contribution in [0.1, 0.15) is 40.5 Å². The normalized spacial score (nSPS) is 15.3.